The van der Waals surface area contributed by atoms with E-state index in [1.807, 2.05) is 0 Å². The van der Waals surface area contributed by atoms with Gasteiger partial charge in [-0.05, 0) is 6.16 Å². The topological polar surface area (TPSA) is 211 Å². The van der Waals surface area contributed by atoms with Gasteiger partial charge in [0, 0.05) is 0 Å². The van der Waals surface area contributed by atoms with Crippen LogP contribution in [-0.2, 0) is 0 Å². The number of carboxylic acid groups (broad SMARTS) is 6. The normalized spacial score (nSPS) is 4.24. The fraction of sp³-hybridized carbons (Fsp3) is 0. The Morgan fingerprint density at radius 3 is 0.765 bits per heavy atom. The third-order valence-corrected chi connectivity index (χ3v) is 0. The maximum Gasteiger partial charge on any atom is 1.00 e. The van der Waals surface area contributed by atoms with Crippen LogP contribution in [0.5, 0.6) is 0 Å². The summed E-state index contributed by atoms with van der Waals surface area (Å²) in [4.78, 5) is 25.3. The second-order valence-electron chi connectivity index (χ2n) is 0.798. The molecule has 0 aliphatic heterocycles. The predicted molar refractivity (Wildman–Crippen MR) is 26.0 cm³/mol. The Morgan fingerprint density at radius 1 is 0.765 bits per heavy atom. The maximum absolute atomic E-state index is 8.56. The van der Waals surface area contributed by atoms with E-state index >= 15 is 0 Å². The summed E-state index contributed by atoms with van der Waals surface area (Å²) in [7, 11) is 0. The van der Waals surface area contributed by atoms with Crippen LogP contribution in [0.25, 0.3) is 0 Å². The molecule has 0 saturated heterocycles. The summed E-state index contributed by atoms with van der Waals surface area (Å²) < 4.78 is 0. The standard InChI is InChI=1S/3CH2O3.2K.2Na.H2O/c3*2-1(3)4;;;;;/h3*(H2,2,3,4);;;;;1H2/q;;;4*+1;/p-4. The Kier molecular flexibility index (Phi) is 126. The van der Waals surface area contributed by atoms with Gasteiger partial charge in [0.1, 0.15) is 0 Å². The van der Waals surface area contributed by atoms with Crippen molar-refractivity contribution in [2.75, 3.05) is 0 Å². The van der Waals surface area contributed by atoms with E-state index < -0.39 is 18.5 Å². The Labute approximate surface area is 225 Å². The summed E-state index contributed by atoms with van der Waals surface area (Å²) in [6.07, 6.45) is -6.25. The van der Waals surface area contributed by atoms with Gasteiger partial charge in [-0.25, -0.2) is 4.79 Å². The van der Waals surface area contributed by atoms with Gasteiger partial charge < -0.3 is 45.7 Å². The van der Waals surface area contributed by atoms with Crippen LogP contribution in [0.3, 0.4) is 0 Å². The smallest absolute Gasteiger partial charge is 0.870 e. The largest absolute Gasteiger partial charge is 1.00 e. The van der Waals surface area contributed by atoms with Crippen molar-refractivity contribution < 1.29 is 212 Å². The van der Waals surface area contributed by atoms with Gasteiger partial charge in [0.25, 0.3) is 0 Å². The number of hydrogen-bond donors (Lipinski definition) is 3. The molecular weight excluding hydrogens is 320 g/mol. The molecule has 0 rings (SSSR count). The molecule has 0 fully saturated rings. The third kappa shape index (κ3) is 597. The van der Waals surface area contributed by atoms with Crippen LogP contribution in [-0.4, -0.2) is 39.3 Å². The van der Waals surface area contributed by atoms with Crippen LogP contribution in [0.2, 0.25) is 0 Å². The van der Waals surface area contributed by atoms with Gasteiger partial charge >= 0.3 is 168 Å². The summed E-state index contributed by atoms with van der Waals surface area (Å²) >= 11 is 0. The first kappa shape index (κ1) is 50.1. The Bertz CT molecular complexity index is 125. The van der Waals surface area contributed by atoms with E-state index in [-0.39, 0.29) is 167 Å². The summed E-state index contributed by atoms with van der Waals surface area (Å²) in [5.74, 6) is 0. The number of carbonyl (C=O) groups is 3. The van der Waals surface area contributed by atoms with Crippen molar-refractivity contribution in [2.24, 2.45) is 0 Å². The molecular formula is C3H4K2Na2O10. The molecule has 4 N–H and O–H groups in total. The van der Waals surface area contributed by atoms with Crippen LogP contribution >= 0.6 is 0 Å². The zero-order valence-corrected chi connectivity index (χ0v) is 20.0. The molecule has 17 heavy (non-hydrogen) atoms. The van der Waals surface area contributed by atoms with Crippen LogP contribution < -0.4 is 177 Å². The summed E-state index contributed by atoms with van der Waals surface area (Å²) in [5, 5.41) is 45.9. The van der Waals surface area contributed by atoms with E-state index in [0.717, 1.165) is 0 Å². The molecule has 10 nitrogen and oxygen atoms in total. The number of rotatable bonds is 0. The van der Waals surface area contributed by atoms with Gasteiger partial charge in [0.2, 0.25) is 6.16 Å². The minimum Gasteiger partial charge on any atom is -0.870 e. The first-order valence-corrected chi connectivity index (χ1v) is 1.90. The summed E-state index contributed by atoms with van der Waals surface area (Å²) in [6, 6.07) is 0. The molecule has 14 heteroatoms. The van der Waals surface area contributed by atoms with E-state index in [4.69, 9.17) is 45.0 Å². The molecule has 0 aromatic carbocycles. The van der Waals surface area contributed by atoms with Crippen LogP contribution in [0.4, 0.5) is 14.4 Å². The third-order valence-electron chi connectivity index (χ3n) is 0. The van der Waals surface area contributed by atoms with Crippen molar-refractivity contribution in [1.29, 1.82) is 0 Å². The monoisotopic (exact) mass is 324 g/mol. The minimum absolute atomic E-state index is 0. The van der Waals surface area contributed by atoms with Crippen molar-refractivity contribution in [1.82, 2.24) is 0 Å². The quantitative estimate of drug-likeness (QED) is 0.358. The number of hydrogen-bond acceptors (Lipinski definition) is 7. The molecule has 0 bridgehead atoms. The van der Waals surface area contributed by atoms with Crippen LogP contribution in [0.15, 0.2) is 0 Å². The fourth-order valence-electron chi connectivity index (χ4n) is 0. The van der Waals surface area contributed by atoms with E-state index in [2.05, 4.69) is 0 Å². The molecule has 0 atom stereocenters. The molecule has 0 amide bonds. The molecule has 0 spiro atoms. The van der Waals surface area contributed by atoms with E-state index in [1.54, 1.807) is 0 Å². The average Bonchev–Trinajstić information content (AvgIpc) is 1.54. The van der Waals surface area contributed by atoms with Crippen molar-refractivity contribution in [3.8, 4) is 0 Å². The summed E-state index contributed by atoms with van der Waals surface area (Å²) in [5.41, 5.74) is 0. The van der Waals surface area contributed by atoms with Crippen molar-refractivity contribution in [3.63, 3.8) is 0 Å². The van der Waals surface area contributed by atoms with E-state index in [9.17, 15) is 0 Å². The predicted octanol–water partition coefficient (Wildman–Crippen LogP) is -15.5. The molecule has 0 radical (unpaired) electrons. The molecule has 0 aromatic rings. The fourth-order valence-corrected chi connectivity index (χ4v) is 0. The number of carbonyl (C=O) groups excluding carboxylic acids is 1. The van der Waals surface area contributed by atoms with Crippen molar-refractivity contribution in [2.45, 2.75) is 0 Å². The first-order valence-electron chi connectivity index (χ1n) is 1.90. The Balaban J connectivity index is -0.0000000104. The maximum atomic E-state index is 8.56. The van der Waals surface area contributed by atoms with E-state index in [1.165, 1.54) is 0 Å². The SMILES string of the molecule is O=C(O)O.O=C([O-])O.O=C([O-])[O-].[K+].[K+].[Na+].[Na+].[OH-]. The molecule has 0 saturated carbocycles. The van der Waals surface area contributed by atoms with Crippen LogP contribution in [0, 0.1) is 0 Å². The van der Waals surface area contributed by atoms with Gasteiger partial charge in [-0.15, -0.1) is 0 Å². The molecule has 0 aliphatic rings. The second-order valence-corrected chi connectivity index (χ2v) is 0.798. The Hall–Kier alpha value is 3.04. The minimum atomic E-state index is -2.33. The zero-order valence-electron chi connectivity index (χ0n) is 9.74. The molecule has 0 heterocycles. The van der Waals surface area contributed by atoms with Gasteiger partial charge in [0.05, 0.1) is 0 Å². The van der Waals surface area contributed by atoms with E-state index in [0.29, 0.717) is 0 Å². The van der Waals surface area contributed by atoms with Crippen molar-refractivity contribution >= 4 is 18.5 Å². The average molecular weight is 324 g/mol. The van der Waals surface area contributed by atoms with Gasteiger partial charge in [0.15, 0.2) is 0 Å². The zero-order chi connectivity index (χ0) is 10.7. The summed E-state index contributed by atoms with van der Waals surface area (Å²) in [6.45, 7) is 0. The van der Waals surface area contributed by atoms with Gasteiger partial charge in [-0.1, -0.05) is 0 Å². The molecule has 80 valence electrons. The Morgan fingerprint density at radius 2 is 0.765 bits per heavy atom. The molecule has 0 aliphatic carbocycles. The first-order chi connectivity index (χ1) is 5.20. The van der Waals surface area contributed by atoms with Gasteiger partial charge in [-0.3, -0.25) is 0 Å². The van der Waals surface area contributed by atoms with Gasteiger partial charge in [-0.2, -0.15) is 0 Å². The molecule has 0 aromatic heterocycles. The van der Waals surface area contributed by atoms with Crippen molar-refractivity contribution in [3.05, 3.63) is 0 Å². The molecule has 0 unspecified atom stereocenters. The van der Waals surface area contributed by atoms with Crippen LogP contribution in [0.1, 0.15) is 0 Å². The second kappa shape index (κ2) is 42.7.